The van der Waals surface area contributed by atoms with Gasteiger partial charge in [-0.3, -0.25) is 0 Å². The predicted octanol–water partition coefficient (Wildman–Crippen LogP) is 2.22. The van der Waals surface area contributed by atoms with Crippen molar-refractivity contribution in [1.29, 1.82) is 0 Å². The van der Waals surface area contributed by atoms with Crippen molar-refractivity contribution < 1.29 is 4.74 Å². The summed E-state index contributed by atoms with van der Waals surface area (Å²) in [6, 6.07) is 0.689. The highest BCUT2D eigenvalue weighted by atomic mass is 16.5. The van der Waals surface area contributed by atoms with Gasteiger partial charge in [-0.2, -0.15) is 0 Å². The molecule has 1 aliphatic rings. The van der Waals surface area contributed by atoms with Gasteiger partial charge in [0.2, 0.25) is 0 Å². The minimum atomic E-state index is 0.689. The molecular weight excluding hydrogens is 224 g/mol. The Kier molecular flexibility index (Phi) is 7.20. The third-order valence-electron chi connectivity index (χ3n) is 4.46. The fraction of sp³-hybridized carbons (Fsp3) is 1.00. The van der Waals surface area contributed by atoms with Gasteiger partial charge < -0.3 is 15.0 Å². The van der Waals surface area contributed by atoms with E-state index in [4.69, 9.17) is 4.74 Å². The highest BCUT2D eigenvalue weighted by Gasteiger charge is 2.33. The molecule has 1 rings (SSSR count). The van der Waals surface area contributed by atoms with Crippen LogP contribution in [-0.2, 0) is 4.74 Å². The highest BCUT2D eigenvalue weighted by molar-refractivity contribution is 4.88. The number of ether oxygens (including phenoxy) is 1. The fourth-order valence-electron chi connectivity index (χ4n) is 3.48. The van der Waals surface area contributed by atoms with Crippen molar-refractivity contribution in [2.45, 2.75) is 39.2 Å². The van der Waals surface area contributed by atoms with Crippen LogP contribution in [0.15, 0.2) is 0 Å². The summed E-state index contributed by atoms with van der Waals surface area (Å²) in [7, 11) is 6.14. The van der Waals surface area contributed by atoms with Crippen LogP contribution in [0.25, 0.3) is 0 Å². The van der Waals surface area contributed by atoms with Crippen molar-refractivity contribution in [3.05, 3.63) is 0 Å². The normalized spacial score (nSPS) is 33.0. The maximum absolute atomic E-state index is 5.12. The summed E-state index contributed by atoms with van der Waals surface area (Å²) in [5.74, 6) is 2.49. The van der Waals surface area contributed by atoms with E-state index in [1.165, 1.54) is 19.4 Å². The Labute approximate surface area is 113 Å². The summed E-state index contributed by atoms with van der Waals surface area (Å²) < 4.78 is 5.12. The second-order valence-electron chi connectivity index (χ2n) is 6.22. The van der Waals surface area contributed by atoms with Crippen LogP contribution < -0.4 is 5.32 Å². The molecule has 0 saturated heterocycles. The first kappa shape index (κ1) is 15.9. The average Bonchev–Trinajstić information content (AvgIpc) is 2.32. The Bertz CT molecular complexity index is 223. The number of nitrogens with one attached hydrogen (secondary N) is 1. The lowest BCUT2D eigenvalue weighted by Crippen LogP contribution is -2.47. The molecule has 0 heterocycles. The minimum absolute atomic E-state index is 0.689. The third kappa shape index (κ3) is 4.87. The van der Waals surface area contributed by atoms with E-state index in [2.05, 4.69) is 38.2 Å². The van der Waals surface area contributed by atoms with Crippen LogP contribution in [0, 0.1) is 17.8 Å². The standard InChI is InChI=1S/C15H32N2O/c1-12-9-13(2)14(15(10-12)16-3)11-17(4)7-6-8-18-5/h12-16H,6-11H2,1-5H3. The number of nitrogens with zero attached hydrogens (tertiary/aromatic N) is 1. The van der Waals surface area contributed by atoms with Crippen LogP contribution in [0.2, 0.25) is 0 Å². The van der Waals surface area contributed by atoms with E-state index in [9.17, 15) is 0 Å². The SMILES string of the molecule is CNC1CC(C)CC(C)C1CN(C)CCCOC. The lowest BCUT2D eigenvalue weighted by molar-refractivity contribution is 0.109. The molecule has 108 valence electrons. The number of hydrogen-bond donors (Lipinski definition) is 1. The molecule has 0 aliphatic heterocycles. The monoisotopic (exact) mass is 256 g/mol. The first-order valence-electron chi connectivity index (χ1n) is 7.43. The summed E-state index contributed by atoms with van der Waals surface area (Å²) in [6.45, 7) is 8.04. The predicted molar refractivity (Wildman–Crippen MR) is 77.9 cm³/mol. The minimum Gasteiger partial charge on any atom is -0.385 e. The summed E-state index contributed by atoms with van der Waals surface area (Å²) in [5.41, 5.74) is 0. The lowest BCUT2D eigenvalue weighted by Gasteiger charge is -2.41. The fourth-order valence-corrected chi connectivity index (χ4v) is 3.48. The van der Waals surface area contributed by atoms with Crippen molar-refractivity contribution in [2.75, 3.05) is 40.9 Å². The van der Waals surface area contributed by atoms with E-state index in [0.717, 1.165) is 37.3 Å². The molecule has 0 aromatic rings. The van der Waals surface area contributed by atoms with Crippen LogP contribution in [0.3, 0.4) is 0 Å². The quantitative estimate of drug-likeness (QED) is 0.707. The van der Waals surface area contributed by atoms with Crippen LogP contribution in [0.4, 0.5) is 0 Å². The summed E-state index contributed by atoms with van der Waals surface area (Å²) in [4.78, 5) is 2.47. The molecule has 1 N–H and O–H groups in total. The number of hydrogen-bond acceptors (Lipinski definition) is 3. The Morgan fingerprint density at radius 2 is 2.00 bits per heavy atom. The van der Waals surface area contributed by atoms with E-state index in [1.807, 2.05) is 0 Å². The lowest BCUT2D eigenvalue weighted by atomic mass is 9.72. The molecule has 4 unspecified atom stereocenters. The zero-order valence-electron chi connectivity index (χ0n) is 12.9. The van der Waals surface area contributed by atoms with Crippen molar-refractivity contribution >= 4 is 0 Å². The number of rotatable bonds is 7. The van der Waals surface area contributed by atoms with Gasteiger partial charge in [0.1, 0.15) is 0 Å². The van der Waals surface area contributed by atoms with Crippen LogP contribution in [0.1, 0.15) is 33.1 Å². The van der Waals surface area contributed by atoms with Crippen LogP contribution in [0.5, 0.6) is 0 Å². The van der Waals surface area contributed by atoms with Crippen LogP contribution in [-0.4, -0.2) is 51.8 Å². The molecular formula is C15H32N2O. The van der Waals surface area contributed by atoms with E-state index < -0.39 is 0 Å². The van der Waals surface area contributed by atoms with Gasteiger partial charge >= 0.3 is 0 Å². The van der Waals surface area contributed by atoms with E-state index in [0.29, 0.717) is 6.04 Å². The van der Waals surface area contributed by atoms with Gasteiger partial charge in [-0.15, -0.1) is 0 Å². The molecule has 0 aromatic heterocycles. The Hall–Kier alpha value is -0.120. The second-order valence-corrected chi connectivity index (χ2v) is 6.22. The van der Waals surface area contributed by atoms with Crippen LogP contribution >= 0.6 is 0 Å². The maximum Gasteiger partial charge on any atom is 0.0474 e. The molecule has 18 heavy (non-hydrogen) atoms. The molecule has 0 bridgehead atoms. The molecule has 1 saturated carbocycles. The zero-order valence-corrected chi connectivity index (χ0v) is 12.9. The summed E-state index contributed by atoms with van der Waals surface area (Å²) >= 11 is 0. The van der Waals surface area contributed by atoms with Gasteiger partial charge in [-0.25, -0.2) is 0 Å². The number of methoxy groups -OCH3 is 1. The van der Waals surface area contributed by atoms with E-state index in [-0.39, 0.29) is 0 Å². The first-order valence-corrected chi connectivity index (χ1v) is 7.43. The second kappa shape index (κ2) is 8.13. The van der Waals surface area contributed by atoms with E-state index in [1.54, 1.807) is 7.11 Å². The highest BCUT2D eigenvalue weighted by Crippen LogP contribution is 2.34. The summed E-state index contributed by atoms with van der Waals surface area (Å²) in [6.07, 6.45) is 3.85. The smallest absolute Gasteiger partial charge is 0.0474 e. The molecule has 0 spiro atoms. The third-order valence-corrected chi connectivity index (χ3v) is 4.46. The summed E-state index contributed by atoms with van der Waals surface area (Å²) in [5, 5.41) is 3.54. The van der Waals surface area contributed by atoms with Gasteiger partial charge in [-0.05, 0) is 51.1 Å². The Balaban J connectivity index is 2.41. The first-order chi connectivity index (χ1) is 8.58. The van der Waals surface area contributed by atoms with Gasteiger partial charge in [0.15, 0.2) is 0 Å². The van der Waals surface area contributed by atoms with Crippen molar-refractivity contribution in [2.24, 2.45) is 17.8 Å². The van der Waals surface area contributed by atoms with Gasteiger partial charge in [0.05, 0.1) is 0 Å². The van der Waals surface area contributed by atoms with Crippen molar-refractivity contribution in [3.8, 4) is 0 Å². The zero-order chi connectivity index (χ0) is 13.5. The maximum atomic E-state index is 5.12. The molecule has 4 atom stereocenters. The van der Waals surface area contributed by atoms with Gasteiger partial charge in [0.25, 0.3) is 0 Å². The topological polar surface area (TPSA) is 24.5 Å². The molecule has 0 radical (unpaired) electrons. The van der Waals surface area contributed by atoms with Crippen molar-refractivity contribution in [3.63, 3.8) is 0 Å². The van der Waals surface area contributed by atoms with Gasteiger partial charge in [-0.1, -0.05) is 13.8 Å². The Morgan fingerprint density at radius 1 is 1.28 bits per heavy atom. The van der Waals surface area contributed by atoms with Crippen molar-refractivity contribution in [1.82, 2.24) is 10.2 Å². The molecule has 1 fully saturated rings. The molecule has 0 aromatic carbocycles. The van der Waals surface area contributed by atoms with Gasteiger partial charge in [0, 0.05) is 32.8 Å². The molecule has 1 aliphatic carbocycles. The molecule has 3 nitrogen and oxygen atoms in total. The molecule has 3 heteroatoms. The average molecular weight is 256 g/mol. The van der Waals surface area contributed by atoms with E-state index >= 15 is 0 Å². The largest absolute Gasteiger partial charge is 0.385 e. The Morgan fingerprint density at radius 3 is 2.61 bits per heavy atom. The molecule has 0 amide bonds.